The summed E-state index contributed by atoms with van der Waals surface area (Å²) < 4.78 is 0. The minimum atomic E-state index is -0.373. The second kappa shape index (κ2) is 7.20. The molecule has 2 N–H and O–H groups in total. The summed E-state index contributed by atoms with van der Waals surface area (Å²) in [5.41, 5.74) is 2.87. The predicted octanol–water partition coefficient (Wildman–Crippen LogP) is 1.63. The van der Waals surface area contributed by atoms with Crippen molar-refractivity contribution in [1.29, 1.82) is 0 Å². The number of carbonyl (C=O) groups is 2. The standard InChI is InChI=1S/C14H13N3O2S/c18-13(17-16-9-12-7-4-8-20-12)10-15-14(19)11-5-2-1-3-6-11/h1-9H,10H2,(H,15,19)(H,17,18)/b16-9-. The van der Waals surface area contributed by atoms with E-state index in [1.54, 1.807) is 30.5 Å². The molecule has 1 aromatic heterocycles. The number of benzene rings is 1. The van der Waals surface area contributed by atoms with Crippen molar-refractivity contribution in [2.75, 3.05) is 6.54 Å². The Bertz CT molecular complexity index is 594. The minimum Gasteiger partial charge on any atom is -0.343 e. The van der Waals surface area contributed by atoms with Gasteiger partial charge in [0.05, 0.1) is 12.8 Å². The van der Waals surface area contributed by atoms with Gasteiger partial charge in [-0.05, 0) is 23.6 Å². The Balaban J connectivity index is 1.74. The molecule has 6 heteroatoms. The van der Waals surface area contributed by atoms with Crippen molar-refractivity contribution in [1.82, 2.24) is 10.7 Å². The molecule has 0 radical (unpaired) electrons. The molecule has 0 bridgehead atoms. The Labute approximate surface area is 120 Å². The summed E-state index contributed by atoms with van der Waals surface area (Å²) in [6.07, 6.45) is 1.56. The lowest BCUT2D eigenvalue weighted by molar-refractivity contribution is -0.120. The number of nitrogens with zero attached hydrogens (tertiary/aromatic N) is 1. The fourth-order valence-electron chi connectivity index (χ4n) is 1.42. The average molecular weight is 287 g/mol. The average Bonchev–Trinajstić information content (AvgIpc) is 2.99. The summed E-state index contributed by atoms with van der Waals surface area (Å²) in [6, 6.07) is 12.5. The topological polar surface area (TPSA) is 70.6 Å². The van der Waals surface area contributed by atoms with E-state index in [9.17, 15) is 9.59 Å². The van der Waals surface area contributed by atoms with Gasteiger partial charge in [-0.25, -0.2) is 5.43 Å². The Hall–Kier alpha value is -2.47. The van der Waals surface area contributed by atoms with Crippen LogP contribution in [0.4, 0.5) is 0 Å². The number of rotatable bonds is 5. The maximum Gasteiger partial charge on any atom is 0.259 e. The molecule has 0 saturated heterocycles. The maximum atomic E-state index is 11.7. The molecule has 2 aromatic rings. The molecule has 0 aliphatic carbocycles. The van der Waals surface area contributed by atoms with Crippen molar-refractivity contribution in [2.24, 2.45) is 5.10 Å². The van der Waals surface area contributed by atoms with Crippen molar-refractivity contribution in [3.05, 3.63) is 58.3 Å². The fraction of sp³-hybridized carbons (Fsp3) is 0.0714. The molecule has 20 heavy (non-hydrogen) atoms. The lowest BCUT2D eigenvalue weighted by atomic mass is 10.2. The van der Waals surface area contributed by atoms with Crippen LogP contribution in [0.3, 0.4) is 0 Å². The number of nitrogens with one attached hydrogen (secondary N) is 2. The van der Waals surface area contributed by atoms with Gasteiger partial charge in [0.2, 0.25) is 0 Å². The van der Waals surface area contributed by atoms with E-state index in [0.29, 0.717) is 5.56 Å². The van der Waals surface area contributed by atoms with Crippen LogP contribution < -0.4 is 10.7 Å². The fourth-order valence-corrected chi connectivity index (χ4v) is 2.01. The van der Waals surface area contributed by atoms with Crippen LogP contribution in [0.5, 0.6) is 0 Å². The van der Waals surface area contributed by atoms with Crippen LogP contribution in [0.25, 0.3) is 0 Å². The summed E-state index contributed by atoms with van der Waals surface area (Å²) in [4.78, 5) is 24.1. The molecule has 1 aromatic carbocycles. The van der Waals surface area contributed by atoms with Crippen LogP contribution in [0, 0.1) is 0 Å². The molecule has 0 spiro atoms. The molecule has 0 aliphatic rings. The van der Waals surface area contributed by atoms with Crippen molar-refractivity contribution in [3.63, 3.8) is 0 Å². The highest BCUT2D eigenvalue weighted by molar-refractivity contribution is 7.11. The van der Waals surface area contributed by atoms with Crippen LogP contribution in [0.1, 0.15) is 15.2 Å². The van der Waals surface area contributed by atoms with Crippen molar-refractivity contribution >= 4 is 29.4 Å². The van der Waals surface area contributed by atoms with Gasteiger partial charge < -0.3 is 5.32 Å². The first-order valence-corrected chi connectivity index (χ1v) is 6.82. The van der Waals surface area contributed by atoms with E-state index >= 15 is 0 Å². The van der Waals surface area contributed by atoms with E-state index in [4.69, 9.17) is 0 Å². The van der Waals surface area contributed by atoms with E-state index in [0.717, 1.165) is 4.88 Å². The van der Waals surface area contributed by atoms with Crippen molar-refractivity contribution < 1.29 is 9.59 Å². The van der Waals surface area contributed by atoms with Crippen LogP contribution >= 0.6 is 11.3 Å². The quantitative estimate of drug-likeness (QED) is 0.648. The summed E-state index contributed by atoms with van der Waals surface area (Å²) >= 11 is 1.52. The van der Waals surface area contributed by atoms with E-state index in [1.165, 1.54) is 11.3 Å². The van der Waals surface area contributed by atoms with E-state index in [2.05, 4.69) is 15.8 Å². The molecule has 0 saturated carbocycles. The molecule has 102 valence electrons. The van der Waals surface area contributed by atoms with Crippen molar-refractivity contribution in [3.8, 4) is 0 Å². The molecule has 2 rings (SSSR count). The van der Waals surface area contributed by atoms with Gasteiger partial charge in [-0.1, -0.05) is 24.3 Å². The SMILES string of the molecule is O=C(CNC(=O)c1ccccc1)N/N=C\c1cccs1. The number of carbonyl (C=O) groups excluding carboxylic acids is 2. The minimum absolute atomic E-state index is 0.116. The van der Waals surface area contributed by atoms with Gasteiger partial charge in [-0.2, -0.15) is 5.10 Å². The van der Waals surface area contributed by atoms with Gasteiger partial charge in [-0.15, -0.1) is 11.3 Å². The Morgan fingerprint density at radius 3 is 2.65 bits per heavy atom. The first kappa shape index (κ1) is 14.0. The maximum absolute atomic E-state index is 11.7. The third kappa shape index (κ3) is 4.33. The summed E-state index contributed by atoms with van der Waals surface area (Å²) in [5, 5.41) is 8.24. The molecule has 2 amide bonds. The van der Waals surface area contributed by atoms with E-state index < -0.39 is 0 Å². The van der Waals surface area contributed by atoms with Crippen LogP contribution in [0.2, 0.25) is 0 Å². The zero-order valence-corrected chi connectivity index (χ0v) is 11.4. The molecule has 0 aliphatic heterocycles. The summed E-state index contributed by atoms with van der Waals surface area (Å²) in [6.45, 7) is -0.116. The second-order valence-corrected chi connectivity index (χ2v) is 4.84. The molecule has 0 atom stereocenters. The van der Waals surface area contributed by atoms with Gasteiger partial charge in [0.15, 0.2) is 0 Å². The van der Waals surface area contributed by atoms with Gasteiger partial charge in [0, 0.05) is 10.4 Å². The number of thiophene rings is 1. The molecular weight excluding hydrogens is 274 g/mol. The largest absolute Gasteiger partial charge is 0.343 e. The number of hydrogen-bond acceptors (Lipinski definition) is 4. The lowest BCUT2D eigenvalue weighted by Gasteiger charge is -2.03. The van der Waals surface area contributed by atoms with Crippen LogP contribution in [0.15, 0.2) is 52.9 Å². The first-order chi connectivity index (χ1) is 9.75. The van der Waals surface area contributed by atoms with Crippen molar-refractivity contribution in [2.45, 2.75) is 0 Å². The Kier molecular flexibility index (Phi) is 5.02. The first-order valence-electron chi connectivity index (χ1n) is 5.94. The Morgan fingerprint density at radius 2 is 1.95 bits per heavy atom. The van der Waals surface area contributed by atoms with Gasteiger partial charge >= 0.3 is 0 Å². The highest BCUT2D eigenvalue weighted by atomic mass is 32.1. The third-order valence-corrected chi connectivity index (χ3v) is 3.18. The second-order valence-electron chi connectivity index (χ2n) is 3.86. The van der Waals surface area contributed by atoms with Crippen LogP contribution in [-0.4, -0.2) is 24.6 Å². The number of amides is 2. The Morgan fingerprint density at radius 1 is 1.15 bits per heavy atom. The molecule has 5 nitrogen and oxygen atoms in total. The predicted molar refractivity (Wildman–Crippen MR) is 78.8 cm³/mol. The number of hydrazone groups is 1. The van der Waals surface area contributed by atoms with E-state index in [1.807, 2.05) is 23.6 Å². The molecular formula is C14H13N3O2S. The van der Waals surface area contributed by atoms with Gasteiger partial charge in [0.25, 0.3) is 11.8 Å². The smallest absolute Gasteiger partial charge is 0.259 e. The monoisotopic (exact) mass is 287 g/mol. The zero-order chi connectivity index (χ0) is 14.2. The van der Waals surface area contributed by atoms with Gasteiger partial charge in [0.1, 0.15) is 0 Å². The summed E-state index contributed by atoms with van der Waals surface area (Å²) in [7, 11) is 0. The van der Waals surface area contributed by atoms with E-state index in [-0.39, 0.29) is 18.4 Å². The normalized spacial score (nSPS) is 10.4. The molecule has 1 heterocycles. The lowest BCUT2D eigenvalue weighted by Crippen LogP contribution is -2.34. The zero-order valence-electron chi connectivity index (χ0n) is 10.6. The third-order valence-electron chi connectivity index (χ3n) is 2.37. The molecule has 0 unspecified atom stereocenters. The highest BCUT2D eigenvalue weighted by Gasteiger charge is 2.06. The highest BCUT2D eigenvalue weighted by Crippen LogP contribution is 2.03. The molecule has 0 fully saturated rings. The van der Waals surface area contributed by atoms with Gasteiger partial charge in [-0.3, -0.25) is 9.59 Å². The summed E-state index contributed by atoms with van der Waals surface area (Å²) in [5.74, 6) is -0.662. The van der Waals surface area contributed by atoms with Crippen LogP contribution in [-0.2, 0) is 4.79 Å². The number of hydrogen-bond donors (Lipinski definition) is 2.